The van der Waals surface area contributed by atoms with Gasteiger partial charge in [0.25, 0.3) is 0 Å². The minimum absolute atomic E-state index is 0.00923. The van der Waals surface area contributed by atoms with Crippen LogP contribution in [0.15, 0.2) is 60.1 Å². The Morgan fingerprint density at radius 1 is 1.07 bits per heavy atom. The zero-order valence-corrected chi connectivity index (χ0v) is 18.5. The van der Waals surface area contributed by atoms with E-state index in [-0.39, 0.29) is 12.1 Å². The van der Waals surface area contributed by atoms with Gasteiger partial charge in [0.2, 0.25) is 0 Å². The predicted octanol–water partition coefficient (Wildman–Crippen LogP) is 4.47. The first-order valence-electron chi connectivity index (χ1n) is 10.2. The molecule has 5 rings (SSSR count). The molecule has 4 heterocycles. The smallest absolute Gasteiger partial charge is 0.174 e. The molecule has 0 saturated carbocycles. The molecule has 0 radical (unpaired) electrons. The second-order valence-electron chi connectivity index (χ2n) is 7.58. The molecule has 2 saturated heterocycles. The van der Waals surface area contributed by atoms with Crippen molar-refractivity contribution in [3.8, 4) is 0 Å². The monoisotopic (exact) mass is 436 g/mol. The maximum Gasteiger partial charge on any atom is 0.174 e. The lowest BCUT2D eigenvalue weighted by atomic mass is 10.0. The molecule has 3 aromatic rings. The van der Waals surface area contributed by atoms with Gasteiger partial charge in [0.1, 0.15) is 0 Å². The molecule has 0 bridgehead atoms. The molecule has 0 aliphatic carbocycles. The number of benzene rings is 1. The van der Waals surface area contributed by atoms with E-state index in [1.165, 1.54) is 16.1 Å². The molecule has 2 atom stereocenters. The Hall–Kier alpha value is -2.48. The van der Waals surface area contributed by atoms with Crippen LogP contribution in [0.1, 0.15) is 28.2 Å². The zero-order chi connectivity index (χ0) is 20.5. The molecule has 5 nitrogen and oxygen atoms in total. The van der Waals surface area contributed by atoms with Crippen molar-refractivity contribution in [1.82, 2.24) is 10.3 Å². The van der Waals surface area contributed by atoms with Crippen molar-refractivity contribution >= 4 is 40.0 Å². The summed E-state index contributed by atoms with van der Waals surface area (Å²) in [6, 6.07) is 17.0. The lowest BCUT2D eigenvalue weighted by molar-refractivity contribution is 0.122. The molecular formula is C23H24N4OS2. The average molecular weight is 437 g/mol. The number of thiophene rings is 1. The number of anilines is 2. The number of pyridine rings is 1. The van der Waals surface area contributed by atoms with Crippen LogP contribution in [-0.4, -0.2) is 36.4 Å². The fraction of sp³-hybridized carbons (Fsp3) is 0.304. The number of nitrogens with one attached hydrogen (secondary N) is 1. The molecule has 1 aromatic carbocycles. The second kappa shape index (κ2) is 8.34. The Morgan fingerprint density at radius 2 is 1.83 bits per heavy atom. The van der Waals surface area contributed by atoms with Gasteiger partial charge in [0.05, 0.1) is 31.0 Å². The van der Waals surface area contributed by atoms with E-state index in [1.54, 1.807) is 11.3 Å². The summed E-state index contributed by atoms with van der Waals surface area (Å²) in [6.07, 6.45) is 1.85. The summed E-state index contributed by atoms with van der Waals surface area (Å²) >= 11 is 7.60. The van der Waals surface area contributed by atoms with E-state index < -0.39 is 0 Å². The normalized spacial score (nSPS) is 21.7. The van der Waals surface area contributed by atoms with Gasteiger partial charge >= 0.3 is 0 Å². The highest BCUT2D eigenvalue weighted by atomic mass is 32.1. The first-order chi connectivity index (χ1) is 14.7. The van der Waals surface area contributed by atoms with Gasteiger partial charge in [-0.25, -0.2) is 0 Å². The molecule has 0 unspecified atom stereocenters. The summed E-state index contributed by atoms with van der Waals surface area (Å²) < 4.78 is 5.48. The number of rotatable bonds is 4. The van der Waals surface area contributed by atoms with Crippen LogP contribution in [0, 0.1) is 6.92 Å². The number of ether oxygens (including phenoxy) is 1. The van der Waals surface area contributed by atoms with Gasteiger partial charge in [-0.3, -0.25) is 4.98 Å². The van der Waals surface area contributed by atoms with Crippen LogP contribution in [0.25, 0.3) is 0 Å². The number of morpholine rings is 1. The second-order valence-corrected chi connectivity index (χ2v) is 8.91. The zero-order valence-electron chi connectivity index (χ0n) is 16.8. The predicted molar refractivity (Wildman–Crippen MR) is 126 cm³/mol. The van der Waals surface area contributed by atoms with Gasteiger partial charge in [-0.1, -0.05) is 6.07 Å². The van der Waals surface area contributed by atoms with E-state index >= 15 is 0 Å². The van der Waals surface area contributed by atoms with Crippen LogP contribution in [0.3, 0.4) is 0 Å². The molecule has 2 aliphatic rings. The molecule has 154 valence electrons. The summed E-state index contributed by atoms with van der Waals surface area (Å²) in [4.78, 5) is 10.6. The molecule has 2 aliphatic heterocycles. The Balaban J connectivity index is 1.51. The lowest BCUT2D eigenvalue weighted by Crippen LogP contribution is -2.36. The van der Waals surface area contributed by atoms with Gasteiger partial charge < -0.3 is 19.9 Å². The lowest BCUT2D eigenvalue weighted by Gasteiger charge is -2.30. The Morgan fingerprint density at radius 3 is 2.50 bits per heavy atom. The summed E-state index contributed by atoms with van der Waals surface area (Å²) in [5, 5.41) is 6.43. The third-order valence-corrected chi connectivity index (χ3v) is 7.18. The van der Waals surface area contributed by atoms with Gasteiger partial charge in [-0.2, -0.15) is 0 Å². The Bertz CT molecular complexity index is 1020. The van der Waals surface area contributed by atoms with E-state index in [0.717, 1.165) is 42.8 Å². The number of aryl methyl sites for hydroxylation is 1. The minimum atomic E-state index is 0.00923. The summed E-state index contributed by atoms with van der Waals surface area (Å²) in [6.45, 7) is 5.60. The highest BCUT2D eigenvalue weighted by molar-refractivity contribution is 7.80. The quantitative estimate of drug-likeness (QED) is 0.609. The number of aromatic nitrogens is 1. The third kappa shape index (κ3) is 3.57. The van der Waals surface area contributed by atoms with Crippen molar-refractivity contribution in [2.75, 3.05) is 36.1 Å². The molecule has 0 amide bonds. The van der Waals surface area contributed by atoms with E-state index in [0.29, 0.717) is 0 Å². The van der Waals surface area contributed by atoms with E-state index in [4.69, 9.17) is 17.0 Å². The largest absolute Gasteiger partial charge is 0.378 e. The summed E-state index contributed by atoms with van der Waals surface area (Å²) in [5.74, 6) is 0. The van der Waals surface area contributed by atoms with Crippen LogP contribution in [0.5, 0.6) is 0 Å². The van der Waals surface area contributed by atoms with Crippen molar-refractivity contribution < 1.29 is 4.74 Å². The summed E-state index contributed by atoms with van der Waals surface area (Å²) in [5.41, 5.74) is 4.61. The molecule has 7 heteroatoms. The maximum atomic E-state index is 5.82. The maximum absolute atomic E-state index is 5.82. The summed E-state index contributed by atoms with van der Waals surface area (Å²) in [7, 11) is 0. The molecular weight excluding hydrogens is 412 g/mol. The Labute approximate surface area is 186 Å². The molecule has 30 heavy (non-hydrogen) atoms. The number of hydrogen-bond acceptors (Lipinski definition) is 5. The number of thiocarbonyl (C=S) groups is 1. The van der Waals surface area contributed by atoms with Crippen LogP contribution < -0.4 is 15.1 Å². The van der Waals surface area contributed by atoms with Gasteiger partial charge in [-0.15, -0.1) is 11.3 Å². The number of nitrogens with zero attached hydrogens (tertiary/aromatic N) is 3. The molecule has 2 aromatic heterocycles. The topological polar surface area (TPSA) is 40.6 Å². The SMILES string of the molecule is Cc1ccsc1[C@H]1[C@@H](c2ccccn2)NC(=S)N1c1ccc(N2CCOCC2)cc1. The van der Waals surface area contributed by atoms with E-state index in [2.05, 4.69) is 68.8 Å². The molecule has 0 spiro atoms. The fourth-order valence-electron chi connectivity index (χ4n) is 4.23. The van der Waals surface area contributed by atoms with Crippen LogP contribution in [0.4, 0.5) is 11.4 Å². The highest BCUT2D eigenvalue weighted by Crippen LogP contribution is 2.44. The first-order valence-corrected chi connectivity index (χ1v) is 11.5. The van der Waals surface area contributed by atoms with Crippen molar-refractivity contribution in [3.05, 3.63) is 76.2 Å². The Kier molecular flexibility index (Phi) is 5.41. The van der Waals surface area contributed by atoms with Gasteiger partial charge in [-0.05, 0) is 72.5 Å². The standard InChI is InChI=1S/C23H24N4OS2/c1-16-9-15-30-22(16)21-20(19-4-2-3-10-24-19)25-23(29)27(21)18-7-5-17(6-8-18)26-11-13-28-14-12-26/h2-10,15,20-21H,11-14H2,1H3,(H,25,29)/t20-,21-/m1/s1. The number of hydrogen-bond donors (Lipinski definition) is 1. The van der Waals surface area contributed by atoms with Crippen LogP contribution >= 0.6 is 23.6 Å². The molecule has 2 fully saturated rings. The fourth-order valence-corrected chi connectivity index (χ4v) is 5.63. The van der Waals surface area contributed by atoms with Crippen molar-refractivity contribution in [3.63, 3.8) is 0 Å². The van der Waals surface area contributed by atoms with E-state index in [1.807, 2.05) is 18.3 Å². The van der Waals surface area contributed by atoms with Gasteiger partial charge in [0, 0.05) is 35.5 Å². The highest BCUT2D eigenvalue weighted by Gasteiger charge is 2.41. The first kappa shape index (κ1) is 19.5. The van der Waals surface area contributed by atoms with E-state index in [9.17, 15) is 0 Å². The third-order valence-electron chi connectivity index (χ3n) is 5.77. The van der Waals surface area contributed by atoms with Gasteiger partial charge in [0.15, 0.2) is 5.11 Å². The minimum Gasteiger partial charge on any atom is -0.378 e. The van der Waals surface area contributed by atoms with Crippen molar-refractivity contribution in [2.45, 2.75) is 19.0 Å². The van der Waals surface area contributed by atoms with Crippen molar-refractivity contribution in [2.24, 2.45) is 0 Å². The molecule has 1 N–H and O–H groups in total. The van der Waals surface area contributed by atoms with Crippen molar-refractivity contribution in [1.29, 1.82) is 0 Å². The average Bonchev–Trinajstić information content (AvgIpc) is 3.37. The van der Waals surface area contributed by atoms with Crippen LogP contribution in [-0.2, 0) is 4.74 Å². The van der Waals surface area contributed by atoms with Crippen LogP contribution in [0.2, 0.25) is 0 Å².